The fourth-order valence-electron chi connectivity index (χ4n) is 3.81. The topological polar surface area (TPSA) is 43.2 Å². The van der Waals surface area contributed by atoms with Crippen LogP contribution in [0.1, 0.15) is 29.5 Å². The molecular weight excluding hydrogens is 422 g/mol. The van der Waals surface area contributed by atoms with Crippen molar-refractivity contribution in [2.45, 2.75) is 25.9 Å². The van der Waals surface area contributed by atoms with Crippen LogP contribution in [0.15, 0.2) is 46.5 Å². The summed E-state index contributed by atoms with van der Waals surface area (Å²) in [6.45, 7) is 2.48. The van der Waals surface area contributed by atoms with Gasteiger partial charge in [0.05, 0.1) is 5.69 Å². The molecule has 0 radical (unpaired) electrons. The Morgan fingerprint density at radius 3 is 2.66 bits per heavy atom. The SMILES string of the molecule is Cc1ccc2c(c1)N1CNN=C1N=C2N(C)c1cc(F)cc(C#CC2(C(F)(F)F)CC2)c1. The number of hydrazone groups is 1. The van der Waals surface area contributed by atoms with E-state index in [1.165, 1.54) is 6.07 Å². The maximum Gasteiger partial charge on any atom is 0.405 e. The minimum absolute atomic E-state index is 0.0226. The molecule has 0 bridgehead atoms. The predicted octanol–water partition coefficient (Wildman–Crippen LogP) is 4.36. The maximum atomic E-state index is 14.4. The molecule has 0 atom stereocenters. The van der Waals surface area contributed by atoms with E-state index in [2.05, 4.69) is 27.4 Å². The normalized spacial score (nSPS) is 17.9. The van der Waals surface area contributed by atoms with Gasteiger partial charge in [0.25, 0.3) is 5.96 Å². The standard InChI is InChI=1S/C23H19F4N5/c1-14-3-4-18-19(9-14)32-13-28-30-21(32)29-20(18)31(2)17-11-15(10-16(24)12-17)5-6-22(7-8-22)23(25,26)27/h3-4,9-12,28H,7-8,13H2,1-2H3. The van der Waals surface area contributed by atoms with Crippen LogP contribution in [0, 0.1) is 30.0 Å². The fourth-order valence-corrected chi connectivity index (χ4v) is 3.81. The number of aryl methyl sites for hydroxylation is 1. The fraction of sp³-hybridized carbons (Fsp3) is 0.304. The van der Waals surface area contributed by atoms with E-state index in [1.54, 1.807) is 18.0 Å². The van der Waals surface area contributed by atoms with Crippen LogP contribution in [0.3, 0.4) is 0 Å². The minimum Gasteiger partial charge on any atom is -0.329 e. The summed E-state index contributed by atoms with van der Waals surface area (Å²) >= 11 is 0. The number of hydrogen-bond donors (Lipinski definition) is 1. The number of anilines is 2. The smallest absolute Gasteiger partial charge is 0.329 e. The second-order valence-corrected chi connectivity index (χ2v) is 8.20. The van der Waals surface area contributed by atoms with E-state index < -0.39 is 17.4 Å². The molecule has 2 aromatic carbocycles. The summed E-state index contributed by atoms with van der Waals surface area (Å²) in [5.41, 5.74) is 4.38. The van der Waals surface area contributed by atoms with Crippen LogP contribution >= 0.6 is 0 Å². The van der Waals surface area contributed by atoms with E-state index in [0.717, 1.165) is 22.9 Å². The van der Waals surface area contributed by atoms with Crippen molar-refractivity contribution in [3.8, 4) is 11.8 Å². The highest BCUT2D eigenvalue weighted by Crippen LogP contribution is 2.57. The Morgan fingerprint density at radius 2 is 1.94 bits per heavy atom. The molecule has 0 spiro atoms. The molecule has 5 rings (SSSR count). The third-order valence-corrected chi connectivity index (χ3v) is 5.87. The number of halogens is 4. The molecule has 32 heavy (non-hydrogen) atoms. The third kappa shape index (κ3) is 3.36. The molecule has 0 unspecified atom stereocenters. The summed E-state index contributed by atoms with van der Waals surface area (Å²) in [5, 5.41) is 4.21. The minimum atomic E-state index is -4.38. The van der Waals surface area contributed by atoms with E-state index in [4.69, 9.17) is 0 Å². The van der Waals surface area contributed by atoms with Crippen molar-refractivity contribution >= 4 is 23.2 Å². The average molecular weight is 441 g/mol. The lowest BCUT2D eigenvalue weighted by molar-refractivity contribution is -0.168. The van der Waals surface area contributed by atoms with Crippen molar-refractivity contribution in [1.29, 1.82) is 0 Å². The molecule has 1 fully saturated rings. The Labute approximate surface area is 182 Å². The summed E-state index contributed by atoms with van der Waals surface area (Å²) in [6.07, 6.45) is -4.43. The molecule has 1 aliphatic carbocycles. The molecule has 3 aliphatic rings. The van der Waals surface area contributed by atoms with Crippen LogP contribution < -0.4 is 15.2 Å². The Kier molecular flexibility index (Phi) is 4.45. The molecule has 9 heteroatoms. The Balaban J connectivity index is 1.53. The van der Waals surface area contributed by atoms with E-state index in [0.29, 0.717) is 24.2 Å². The van der Waals surface area contributed by atoms with Crippen molar-refractivity contribution in [2.24, 2.45) is 15.5 Å². The highest BCUT2D eigenvalue weighted by Gasteiger charge is 2.62. The van der Waals surface area contributed by atoms with Crippen LogP contribution in [0.5, 0.6) is 0 Å². The number of alkyl halides is 3. The number of nitrogens with zero attached hydrogens (tertiary/aromatic N) is 4. The van der Waals surface area contributed by atoms with Crippen LogP contribution in [0.2, 0.25) is 0 Å². The van der Waals surface area contributed by atoms with Gasteiger partial charge in [-0.1, -0.05) is 17.9 Å². The summed E-state index contributed by atoms with van der Waals surface area (Å²) in [7, 11) is 1.73. The van der Waals surface area contributed by atoms with Crippen molar-refractivity contribution in [3.63, 3.8) is 0 Å². The lowest BCUT2D eigenvalue weighted by Crippen LogP contribution is -2.39. The number of aliphatic imine (C=N–C) groups is 1. The van der Waals surface area contributed by atoms with Gasteiger partial charge < -0.3 is 4.90 Å². The first-order valence-corrected chi connectivity index (χ1v) is 10.1. The van der Waals surface area contributed by atoms with Gasteiger partial charge in [-0.15, -0.1) is 5.10 Å². The van der Waals surface area contributed by atoms with Gasteiger partial charge in [-0.25, -0.2) is 4.39 Å². The van der Waals surface area contributed by atoms with Crippen molar-refractivity contribution in [2.75, 3.05) is 23.5 Å². The zero-order valence-corrected chi connectivity index (χ0v) is 17.4. The number of fused-ring (bicyclic) bond motifs is 3. The van der Waals surface area contributed by atoms with E-state index in [1.807, 2.05) is 30.0 Å². The average Bonchev–Trinajstić information content (AvgIpc) is 3.40. The Hall–Kier alpha value is -3.54. The van der Waals surface area contributed by atoms with Gasteiger partial charge in [0.1, 0.15) is 23.7 Å². The molecule has 2 aliphatic heterocycles. The summed E-state index contributed by atoms with van der Waals surface area (Å²) < 4.78 is 53.9. The van der Waals surface area contributed by atoms with Crippen LogP contribution in [0.25, 0.3) is 0 Å². The number of guanidine groups is 1. The molecule has 0 amide bonds. The van der Waals surface area contributed by atoms with Gasteiger partial charge in [0.2, 0.25) is 0 Å². The van der Waals surface area contributed by atoms with Gasteiger partial charge in [0, 0.05) is 23.9 Å². The first-order chi connectivity index (χ1) is 15.2. The lowest BCUT2D eigenvalue weighted by atomic mass is 10.0. The Bertz CT molecular complexity index is 1230. The number of rotatable bonds is 1. The van der Waals surface area contributed by atoms with Crippen LogP contribution in [-0.2, 0) is 0 Å². The highest BCUT2D eigenvalue weighted by atomic mass is 19.4. The molecule has 2 heterocycles. The molecule has 1 saturated carbocycles. The van der Waals surface area contributed by atoms with Gasteiger partial charge in [-0.05, 0) is 55.7 Å². The molecule has 1 N–H and O–H groups in total. The lowest BCUT2D eigenvalue weighted by Gasteiger charge is -2.30. The van der Waals surface area contributed by atoms with Gasteiger partial charge in [0.15, 0.2) is 0 Å². The first-order valence-electron chi connectivity index (χ1n) is 10.1. The Morgan fingerprint density at radius 1 is 1.16 bits per heavy atom. The molecule has 0 saturated heterocycles. The number of hydrogen-bond acceptors (Lipinski definition) is 5. The van der Waals surface area contributed by atoms with Crippen molar-refractivity contribution in [3.05, 3.63) is 58.9 Å². The number of benzene rings is 2. The number of amidine groups is 1. The first kappa shape index (κ1) is 20.4. The van der Waals surface area contributed by atoms with Gasteiger partial charge in [-0.3, -0.25) is 10.3 Å². The summed E-state index contributed by atoms with van der Waals surface area (Å²) in [6, 6.07) is 9.94. The molecular formula is C23H19F4N5. The van der Waals surface area contributed by atoms with Gasteiger partial charge in [-0.2, -0.15) is 18.2 Å². The van der Waals surface area contributed by atoms with E-state index in [9.17, 15) is 17.6 Å². The predicted molar refractivity (Wildman–Crippen MR) is 115 cm³/mol. The number of nitrogens with one attached hydrogen (secondary N) is 1. The second kappa shape index (κ2) is 6.99. The van der Waals surface area contributed by atoms with Gasteiger partial charge >= 0.3 is 6.18 Å². The summed E-state index contributed by atoms with van der Waals surface area (Å²) in [4.78, 5) is 8.26. The quantitative estimate of drug-likeness (QED) is 0.528. The summed E-state index contributed by atoms with van der Waals surface area (Å²) in [5.74, 6) is 5.32. The van der Waals surface area contributed by atoms with Crippen molar-refractivity contribution in [1.82, 2.24) is 5.43 Å². The molecule has 2 aromatic rings. The highest BCUT2D eigenvalue weighted by molar-refractivity contribution is 6.23. The largest absolute Gasteiger partial charge is 0.405 e. The third-order valence-electron chi connectivity index (χ3n) is 5.87. The van der Waals surface area contributed by atoms with Crippen LogP contribution in [-0.4, -0.2) is 31.7 Å². The van der Waals surface area contributed by atoms with E-state index >= 15 is 0 Å². The monoisotopic (exact) mass is 441 g/mol. The second-order valence-electron chi connectivity index (χ2n) is 8.20. The molecule has 164 valence electrons. The molecule has 0 aromatic heterocycles. The van der Waals surface area contributed by atoms with E-state index in [-0.39, 0.29) is 18.4 Å². The van der Waals surface area contributed by atoms with Crippen molar-refractivity contribution < 1.29 is 17.6 Å². The zero-order valence-electron chi connectivity index (χ0n) is 17.4. The molecule has 5 nitrogen and oxygen atoms in total. The zero-order chi connectivity index (χ0) is 22.7. The maximum absolute atomic E-state index is 14.4. The van der Waals surface area contributed by atoms with Crippen LogP contribution in [0.4, 0.5) is 28.9 Å².